The van der Waals surface area contributed by atoms with Crippen LogP contribution in [0.5, 0.6) is 11.5 Å². The summed E-state index contributed by atoms with van der Waals surface area (Å²) in [5.74, 6) is 3.06. The van der Waals surface area contributed by atoms with Crippen molar-refractivity contribution in [1.29, 1.82) is 0 Å². The number of rotatable bonds is 9. The van der Waals surface area contributed by atoms with Crippen LogP contribution in [0.25, 0.3) is 0 Å². The molecule has 0 N–H and O–H groups in total. The lowest BCUT2D eigenvalue weighted by atomic mass is 9.85. The molecule has 1 atom stereocenters. The van der Waals surface area contributed by atoms with Gasteiger partial charge in [-0.15, -0.1) is 0 Å². The van der Waals surface area contributed by atoms with E-state index in [1.54, 1.807) is 7.11 Å². The van der Waals surface area contributed by atoms with Gasteiger partial charge in [-0.05, 0) is 104 Å². The van der Waals surface area contributed by atoms with Crippen molar-refractivity contribution in [3.63, 3.8) is 0 Å². The minimum Gasteiger partial charge on any atom is -0.493 e. The molecule has 2 amide bonds. The number of methoxy groups -OCH3 is 1. The molecule has 2 aliphatic carbocycles. The molecule has 10 heteroatoms. The number of amides is 2. The highest BCUT2D eigenvalue weighted by atomic mass is 35.5. The fourth-order valence-corrected chi connectivity index (χ4v) is 7.73. The Morgan fingerprint density at radius 2 is 1.72 bits per heavy atom. The Balaban J connectivity index is 1.10. The normalized spacial score (nSPS) is 23.4. The van der Waals surface area contributed by atoms with Crippen LogP contribution < -0.4 is 19.3 Å². The summed E-state index contributed by atoms with van der Waals surface area (Å²) in [7, 11) is 5.63. The first-order valence-corrected chi connectivity index (χ1v) is 17.3. The summed E-state index contributed by atoms with van der Waals surface area (Å²) in [4.78, 5) is 39.1. The highest BCUT2D eigenvalue weighted by Gasteiger charge is 2.37. The van der Waals surface area contributed by atoms with E-state index < -0.39 is 0 Å². The third kappa shape index (κ3) is 6.52. The fraction of sp³-hybridized carbons (Fsp3) is 0.486. The van der Waals surface area contributed by atoms with Crippen LogP contribution in [0.2, 0.25) is 5.02 Å². The molecule has 248 valence electrons. The summed E-state index contributed by atoms with van der Waals surface area (Å²) in [6, 6.07) is 15.9. The summed E-state index contributed by atoms with van der Waals surface area (Å²) in [5, 5.41) is 0.646. The summed E-state index contributed by atoms with van der Waals surface area (Å²) >= 11 is 6.29. The molecule has 7 rings (SSSR count). The number of hydrogen-bond donors (Lipinski definition) is 0. The van der Waals surface area contributed by atoms with Gasteiger partial charge in [-0.2, -0.15) is 0 Å². The topological polar surface area (TPSA) is 78.5 Å². The lowest BCUT2D eigenvalue weighted by Crippen LogP contribution is -2.41. The molecule has 2 saturated carbocycles. The predicted octanol–water partition coefficient (Wildman–Crippen LogP) is 6.08. The number of benzene rings is 2. The third-order valence-electron chi connectivity index (χ3n) is 10.5. The zero-order chi connectivity index (χ0) is 32.7. The molecule has 0 radical (unpaired) electrons. The Labute approximate surface area is 282 Å². The monoisotopic (exact) mass is 657 g/mol. The molecule has 9 nitrogen and oxygen atoms in total. The van der Waals surface area contributed by atoms with Crippen molar-refractivity contribution in [2.45, 2.75) is 69.6 Å². The molecular weight excluding hydrogens is 614 g/mol. The van der Waals surface area contributed by atoms with Crippen LogP contribution in [0.15, 0.2) is 54.7 Å². The Hall–Kier alpha value is -3.82. The van der Waals surface area contributed by atoms with Crippen LogP contribution in [-0.4, -0.2) is 79.7 Å². The maximum atomic E-state index is 13.9. The lowest BCUT2D eigenvalue weighted by molar-refractivity contribution is -0.125. The van der Waals surface area contributed by atoms with E-state index in [9.17, 15) is 9.59 Å². The van der Waals surface area contributed by atoms with Gasteiger partial charge in [-0.25, -0.2) is 4.98 Å². The van der Waals surface area contributed by atoms with Gasteiger partial charge < -0.3 is 19.3 Å². The van der Waals surface area contributed by atoms with Gasteiger partial charge in [0.15, 0.2) is 11.5 Å². The number of fused-ring (bicyclic) bond motifs is 1. The minimum atomic E-state index is -0.371. The van der Waals surface area contributed by atoms with E-state index in [1.807, 2.05) is 65.5 Å². The Morgan fingerprint density at radius 1 is 0.957 bits per heavy atom. The van der Waals surface area contributed by atoms with E-state index in [4.69, 9.17) is 26.1 Å². The van der Waals surface area contributed by atoms with Gasteiger partial charge in [0.1, 0.15) is 5.82 Å². The van der Waals surface area contributed by atoms with Crippen LogP contribution in [0, 0.1) is 5.92 Å². The number of carbonyl (C=O) groups is 2. The second kappa shape index (κ2) is 13.4. The molecule has 3 aromatic rings. The second-order valence-corrected chi connectivity index (χ2v) is 14.1. The molecule has 0 unspecified atom stereocenters. The van der Waals surface area contributed by atoms with Crippen LogP contribution in [0.4, 0.5) is 11.5 Å². The van der Waals surface area contributed by atoms with Crippen molar-refractivity contribution in [1.82, 2.24) is 14.8 Å². The van der Waals surface area contributed by atoms with Crippen LogP contribution in [0.3, 0.4) is 0 Å². The SMILES string of the molecule is COc1cc2c(cc1OC1CCC1)[C@H](c1ccc(Cl)cc1)N(c1ccc(N(C)C[C@H]3CC[C@H](N4CC(=O)N(C)C4)CC3)nc1)C(=O)C2. The van der Waals surface area contributed by atoms with Crippen molar-refractivity contribution in [2.75, 3.05) is 50.8 Å². The van der Waals surface area contributed by atoms with Gasteiger partial charge >= 0.3 is 0 Å². The lowest BCUT2D eigenvalue weighted by Gasteiger charge is -2.38. The standard InChI is InChI=1S/C37H44ClN5O4/c1-40(21-24-7-13-28(14-8-24)42-22-36(45)41(2)23-42)34-16-15-29(20-39-34)43-35(44)18-26-17-32(46-3)33(47-30-5-4-6-30)19-31(26)37(43)25-9-11-27(38)12-10-25/h9-12,15-17,19-20,24,28,30,37H,4-8,13-14,18,21-23H2,1-3H3/t24-,28-,37-/m0/s1. The summed E-state index contributed by atoms with van der Waals surface area (Å²) in [5.41, 5.74) is 3.67. The highest BCUT2D eigenvalue weighted by molar-refractivity contribution is 6.30. The first-order valence-electron chi connectivity index (χ1n) is 16.9. The van der Waals surface area contributed by atoms with E-state index >= 15 is 0 Å². The number of pyridine rings is 1. The zero-order valence-corrected chi connectivity index (χ0v) is 28.3. The number of halogens is 1. The largest absolute Gasteiger partial charge is 0.493 e. The van der Waals surface area contributed by atoms with E-state index in [1.165, 1.54) is 6.42 Å². The number of likely N-dealkylation sites (N-methyl/N-ethyl adjacent to an activating group) is 1. The van der Waals surface area contributed by atoms with Gasteiger partial charge in [0.25, 0.3) is 0 Å². The Kier molecular flexibility index (Phi) is 9.03. The smallest absolute Gasteiger partial charge is 0.237 e. The van der Waals surface area contributed by atoms with Gasteiger partial charge in [0, 0.05) is 31.7 Å². The maximum Gasteiger partial charge on any atom is 0.237 e. The van der Waals surface area contributed by atoms with E-state index in [0.717, 1.165) is 85.7 Å². The first-order chi connectivity index (χ1) is 22.8. The maximum absolute atomic E-state index is 13.9. The molecule has 0 spiro atoms. The fourth-order valence-electron chi connectivity index (χ4n) is 7.60. The van der Waals surface area contributed by atoms with Crippen LogP contribution in [0.1, 0.15) is 67.7 Å². The summed E-state index contributed by atoms with van der Waals surface area (Å²) in [6.45, 7) is 2.22. The second-order valence-electron chi connectivity index (χ2n) is 13.7. The van der Waals surface area contributed by atoms with Gasteiger partial charge in [0.05, 0.1) is 50.8 Å². The zero-order valence-electron chi connectivity index (χ0n) is 27.5. The number of aromatic nitrogens is 1. The summed E-state index contributed by atoms with van der Waals surface area (Å²) in [6.07, 6.45) is 10.1. The third-order valence-corrected chi connectivity index (χ3v) is 10.8. The van der Waals surface area contributed by atoms with Crippen molar-refractivity contribution in [2.24, 2.45) is 5.92 Å². The van der Waals surface area contributed by atoms with Crippen molar-refractivity contribution in [3.05, 3.63) is 76.4 Å². The first kappa shape index (κ1) is 31.8. The average molecular weight is 658 g/mol. The number of ether oxygens (including phenoxy) is 2. The molecule has 47 heavy (non-hydrogen) atoms. The molecular formula is C37H44ClN5O4. The van der Waals surface area contributed by atoms with Gasteiger partial charge in [-0.1, -0.05) is 23.7 Å². The molecule has 1 aromatic heterocycles. The predicted molar refractivity (Wildman–Crippen MR) is 183 cm³/mol. The molecule has 4 aliphatic rings. The summed E-state index contributed by atoms with van der Waals surface area (Å²) < 4.78 is 12.1. The van der Waals surface area contributed by atoms with Crippen molar-refractivity contribution >= 4 is 34.9 Å². The van der Waals surface area contributed by atoms with Crippen LogP contribution >= 0.6 is 11.6 Å². The molecule has 3 fully saturated rings. The van der Waals surface area contributed by atoms with E-state index in [2.05, 4.69) is 22.9 Å². The molecule has 0 bridgehead atoms. The molecule has 3 heterocycles. The number of anilines is 2. The number of nitrogens with zero attached hydrogens (tertiary/aromatic N) is 5. The quantitative estimate of drug-likeness (QED) is 0.276. The molecule has 2 aromatic carbocycles. The average Bonchev–Trinajstić information content (AvgIpc) is 3.40. The van der Waals surface area contributed by atoms with Crippen molar-refractivity contribution in [3.8, 4) is 11.5 Å². The van der Waals surface area contributed by atoms with Crippen molar-refractivity contribution < 1.29 is 19.1 Å². The highest BCUT2D eigenvalue weighted by Crippen LogP contribution is 2.44. The number of carbonyl (C=O) groups excluding carboxylic acids is 2. The number of hydrogen-bond acceptors (Lipinski definition) is 7. The Bertz CT molecular complexity index is 1600. The molecule has 1 saturated heterocycles. The van der Waals surface area contributed by atoms with Crippen LogP contribution in [-0.2, 0) is 16.0 Å². The van der Waals surface area contributed by atoms with Gasteiger partial charge in [0.2, 0.25) is 11.8 Å². The molecule has 2 aliphatic heterocycles. The minimum absolute atomic E-state index is 0.00211. The van der Waals surface area contributed by atoms with E-state index in [0.29, 0.717) is 29.3 Å². The van der Waals surface area contributed by atoms with E-state index in [-0.39, 0.29) is 30.4 Å². The Morgan fingerprint density at radius 3 is 2.34 bits per heavy atom. The van der Waals surface area contributed by atoms with Gasteiger partial charge in [-0.3, -0.25) is 19.4 Å².